The molecule has 4 saturated heterocycles. The van der Waals surface area contributed by atoms with E-state index >= 15 is 0 Å². The lowest BCUT2D eigenvalue weighted by Gasteiger charge is -2.33. The van der Waals surface area contributed by atoms with Gasteiger partial charge in [-0.3, -0.25) is 28.8 Å². The molecule has 0 radical (unpaired) electrons. The van der Waals surface area contributed by atoms with Gasteiger partial charge in [0.05, 0.1) is 12.1 Å². The van der Waals surface area contributed by atoms with E-state index in [1.807, 2.05) is 58.0 Å². The van der Waals surface area contributed by atoms with Crippen LogP contribution in [0, 0.1) is 11.8 Å². The van der Waals surface area contributed by atoms with Crippen molar-refractivity contribution >= 4 is 41.4 Å². The van der Waals surface area contributed by atoms with Crippen molar-refractivity contribution in [1.82, 2.24) is 36.0 Å². The van der Waals surface area contributed by atoms with E-state index in [0.29, 0.717) is 50.5 Å². The molecule has 60 heavy (non-hydrogen) atoms. The summed E-state index contributed by atoms with van der Waals surface area (Å²) >= 11 is 0. The Balaban J connectivity index is 1.39. The number of fused-ring (bicyclic) bond motifs is 3. The third kappa shape index (κ3) is 10.3. The number of phenols is 1. The zero-order valence-electron chi connectivity index (χ0n) is 35.2. The number of benzene rings is 2. The second-order valence-electron chi connectivity index (χ2n) is 17.3. The molecule has 2 aromatic carbocycles. The maximum Gasteiger partial charge on any atom is 0.318 e. The van der Waals surface area contributed by atoms with Gasteiger partial charge < -0.3 is 41.1 Å². The Hall–Kier alpha value is -5.47. The van der Waals surface area contributed by atoms with Gasteiger partial charge in [-0.2, -0.15) is 0 Å². The number of ketones is 1. The predicted molar refractivity (Wildman–Crippen MR) is 223 cm³/mol. The molecule has 5 N–H and O–H groups in total. The molecule has 0 unspecified atom stereocenters. The SMILES string of the molecule is CC[C@H](C)[C@@H]1NC(=O)[C@@H]2CCCN2C(=O)[C@H](Cc2ccc(O)cc2)NC(=O)[C@@H]2CCCN2C(=O)[C@H](CC(C)C)NC(=O)N2CCC[C@H]2C(=O)[C@H](Cc2ccccc2)NC1=O. The van der Waals surface area contributed by atoms with Crippen molar-refractivity contribution in [3.63, 3.8) is 0 Å². The topological polar surface area (TPSA) is 198 Å². The highest BCUT2D eigenvalue weighted by Crippen LogP contribution is 2.26. The fourth-order valence-corrected chi connectivity index (χ4v) is 9.09. The standard InChI is InChI=1S/C45H61N7O8/c1-5-28(4)38-42(57)46-32(25-29-12-7-6-8-13-29)39(54)35-14-9-23-52(35)45(60)48-33(24-27(2)3)43(58)50-21-10-15-36(50)40(55)47-34(26-30-17-19-31(53)20-18-30)44(59)51-22-11-16-37(51)41(56)49-38/h6-8,12-13,17-20,27-28,32-38,53H,5,9-11,14-16,21-26H2,1-4H3,(H,46,57)(H,47,55)(H,48,60)(H,49,56)/t28-,32-,33-,34-,35-,36-,37-,38-/m0/s1. The summed E-state index contributed by atoms with van der Waals surface area (Å²) in [4.78, 5) is 105. The number of phenolic OH excluding ortho intramolecular Hbond substituents is 1. The summed E-state index contributed by atoms with van der Waals surface area (Å²) in [6.07, 6.45) is 3.65. The Morgan fingerprint density at radius 3 is 1.72 bits per heavy atom. The summed E-state index contributed by atoms with van der Waals surface area (Å²) in [7, 11) is 0. The van der Waals surface area contributed by atoms with Crippen LogP contribution in [0.2, 0.25) is 0 Å². The quantitative estimate of drug-likeness (QED) is 0.268. The van der Waals surface area contributed by atoms with Gasteiger partial charge in [-0.15, -0.1) is 0 Å². The van der Waals surface area contributed by atoms with Crippen molar-refractivity contribution in [2.75, 3.05) is 19.6 Å². The van der Waals surface area contributed by atoms with Crippen LogP contribution in [0.3, 0.4) is 0 Å². The van der Waals surface area contributed by atoms with E-state index < -0.39 is 77.9 Å². The molecule has 324 valence electrons. The van der Waals surface area contributed by atoms with Gasteiger partial charge in [0.25, 0.3) is 0 Å². The summed E-state index contributed by atoms with van der Waals surface area (Å²) in [5.41, 5.74) is 1.46. The van der Waals surface area contributed by atoms with Crippen molar-refractivity contribution in [3.8, 4) is 5.75 Å². The Morgan fingerprint density at radius 1 is 0.600 bits per heavy atom. The van der Waals surface area contributed by atoms with Crippen LogP contribution in [0.25, 0.3) is 0 Å². The van der Waals surface area contributed by atoms with Gasteiger partial charge in [0.15, 0.2) is 5.78 Å². The van der Waals surface area contributed by atoms with Gasteiger partial charge in [-0.25, -0.2) is 4.79 Å². The molecule has 6 rings (SSSR count). The molecule has 4 aliphatic rings. The zero-order chi connectivity index (χ0) is 43.1. The predicted octanol–water partition coefficient (Wildman–Crippen LogP) is 2.83. The van der Waals surface area contributed by atoms with Crippen LogP contribution in [-0.2, 0) is 41.6 Å². The molecule has 0 aliphatic carbocycles. The van der Waals surface area contributed by atoms with Crippen LogP contribution in [0.4, 0.5) is 4.79 Å². The van der Waals surface area contributed by atoms with E-state index in [0.717, 1.165) is 5.56 Å². The van der Waals surface area contributed by atoms with Crippen LogP contribution >= 0.6 is 0 Å². The molecule has 0 saturated carbocycles. The highest BCUT2D eigenvalue weighted by atomic mass is 16.3. The van der Waals surface area contributed by atoms with Gasteiger partial charge in [0.2, 0.25) is 29.5 Å². The van der Waals surface area contributed by atoms with Crippen molar-refractivity contribution in [2.45, 2.75) is 134 Å². The third-order valence-corrected chi connectivity index (χ3v) is 12.5. The molecule has 7 amide bonds. The minimum atomic E-state index is -1.13. The lowest BCUT2D eigenvalue weighted by molar-refractivity contribution is -0.144. The van der Waals surface area contributed by atoms with Crippen molar-refractivity contribution in [2.24, 2.45) is 11.8 Å². The van der Waals surface area contributed by atoms with E-state index in [1.54, 1.807) is 12.1 Å². The first kappa shape index (κ1) is 44.1. The first-order chi connectivity index (χ1) is 28.7. The minimum Gasteiger partial charge on any atom is -0.508 e. The first-order valence-corrected chi connectivity index (χ1v) is 21.7. The van der Waals surface area contributed by atoms with Crippen molar-refractivity contribution in [1.29, 1.82) is 0 Å². The highest BCUT2D eigenvalue weighted by Gasteiger charge is 2.45. The minimum absolute atomic E-state index is 0.0134. The maximum atomic E-state index is 14.6. The fraction of sp³-hybridized carbons (Fsp3) is 0.578. The lowest BCUT2D eigenvalue weighted by Crippen LogP contribution is -2.60. The normalized spacial score (nSPS) is 28.0. The number of carbonyl (C=O) groups excluding carboxylic acids is 7. The summed E-state index contributed by atoms with van der Waals surface area (Å²) in [6.45, 7) is 8.39. The van der Waals surface area contributed by atoms with Gasteiger partial charge in [-0.05, 0) is 86.5 Å². The summed E-state index contributed by atoms with van der Waals surface area (Å²) in [5.74, 6) is -3.19. The zero-order valence-corrected chi connectivity index (χ0v) is 35.2. The number of hydrogen-bond donors (Lipinski definition) is 5. The number of urea groups is 1. The van der Waals surface area contributed by atoms with E-state index in [1.165, 1.54) is 26.8 Å². The smallest absolute Gasteiger partial charge is 0.318 e. The lowest BCUT2D eigenvalue weighted by atomic mass is 9.94. The molecular formula is C45H61N7O8. The van der Waals surface area contributed by atoms with E-state index in [4.69, 9.17) is 0 Å². The monoisotopic (exact) mass is 827 g/mol. The van der Waals surface area contributed by atoms with Crippen molar-refractivity contribution < 1.29 is 38.7 Å². The van der Waals surface area contributed by atoms with Crippen LogP contribution in [0.15, 0.2) is 54.6 Å². The number of nitrogens with one attached hydrogen (secondary N) is 4. The Bertz CT molecular complexity index is 1890. The van der Waals surface area contributed by atoms with Gasteiger partial charge in [0, 0.05) is 26.1 Å². The second-order valence-corrected chi connectivity index (χ2v) is 17.3. The summed E-state index contributed by atoms with van der Waals surface area (Å²) < 4.78 is 0. The van der Waals surface area contributed by atoms with E-state index in [-0.39, 0.29) is 62.3 Å². The number of Topliss-reactive ketones (excluding diaryl/α,β-unsaturated/α-hetero) is 1. The summed E-state index contributed by atoms with van der Waals surface area (Å²) in [6, 6.07) is 8.04. The van der Waals surface area contributed by atoms with Crippen LogP contribution < -0.4 is 21.3 Å². The molecule has 4 aliphatic heterocycles. The Morgan fingerprint density at radius 2 is 1.12 bits per heavy atom. The third-order valence-electron chi connectivity index (χ3n) is 12.5. The molecule has 0 spiro atoms. The average molecular weight is 828 g/mol. The van der Waals surface area contributed by atoms with Gasteiger partial charge >= 0.3 is 6.03 Å². The number of rotatable bonds is 8. The molecule has 15 nitrogen and oxygen atoms in total. The summed E-state index contributed by atoms with van der Waals surface area (Å²) in [5, 5.41) is 21.7. The van der Waals surface area contributed by atoms with Crippen molar-refractivity contribution in [3.05, 3.63) is 65.7 Å². The molecular weight excluding hydrogens is 767 g/mol. The highest BCUT2D eigenvalue weighted by molar-refractivity contribution is 6.00. The van der Waals surface area contributed by atoms with Crippen LogP contribution in [0.1, 0.15) is 90.2 Å². The Labute approximate surface area is 352 Å². The number of nitrogens with zero attached hydrogens (tertiary/aromatic N) is 3. The maximum absolute atomic E-state index is 14.6. The van der Waals surface area contributed by atoms with Gasteiger partial charge in [0.1, 0.15) is 36.0 Å². The molecule has 0 bridgehead atoms. The van der Waals surface area contributed by atoms with E-state index in [9.17, 15) is 38.7 Å². The number of amides is 7. The van der Waals surface area contributed by atoms with E-state index in [2.05, 4.69) is 21.3 Å². The van der Waals surface area contributed by atoms with Crippen LogP contribution in [0.5, 0.6) is 5.75 Å². The molecule has 0 aromatic heterocycles. The number of hydrogen-bond acceptors (Lipinski definition) is 8. The Kier molecular flexibility index (Phi) is 14.5. The van der Waals surface area contributed by atoms with Crippen LogP contribution in [-0.4, -0.2) is 123 Å². The molecule has 4 heterocycles. The largest absolute Gasteiger partial charge is 0.508 e. The molecule has 2 aromatic rings. The molecule has 4 fully saturated rings. The van der Waals surface area contributed by atoms with Gasteiger partial charge in [-0.1, -0.05) is 76.6 Å². The molecule has 15 heteroatoms. The average Bonchev–Trinajstić information content (AvgIpc) is 4.04. The number of carbonyl (C=O) groups is 7. The number of aromatic hydroxyl groups is 1. The second kappa shape index (κ2) is 19.7. The fourth-order valence-electron chi connectivity index (χ4n) is 9.09. The molecule has 8 atom stereocenters. The first-order valence-electron chi connectivity index (χ1n) is 21.7.